The van der Waals surface area contributed by atoms with E-state index in [4.69, 9.17) is 4.74 Å². The number of likely N-dealkylation sites (tertiary alicyclic amines) is 1. The minimum atomic E-state index is -0.833. The van der Waals surface area contributed by atoms with Crippen molar-refractivity contribution in [2.75, 3.05) is 13.1 Å². The van der Waals surface area contributed by atoms with Gasteiger partial charge in [-0.2, -0.15) is 5.26 Å². The second-order valence-corrected chi connectivity index (χ2v) is 6.28. The summed E-state index contributed by atoms with van der Waals surface area (Å²) in [4.78, 5) is 26.8. The zero-order valence-electron chi connectivity index (χ0n) is 14.6. The highest BCUT2D eigenvalue weighted by Crippen LogP contribution is 2.27. The molecule has 3 rings (SSSR count). The van der Waals surface area contributed by atoms with Gasteiger partial charge in [-0.1, -0.05) is 36.4 Å². The van der Waals surface area contributed by atoms with Crippen molar-refractivity contribution in [3.05, 3.63) is 59.7 Å². The van der Waals surface area contributed by atoms with Gasteiger partial charge in [-0.15, -0.1) is 0 Å². The Labute approximate surface area is 152 Å². The van der Waals surface area contributed by atoms with E-state index in [2.05, 4.69) is 6.07 Å². The average Bonchev–Trinajstić information content (AvgIpc) is 3.22. The molecule has 1 saturated heterocycles. The van der Waals surface area contributed by atoms with E-state index in [0.717, 1.165) is 12.8 Å². The van der Waals surface area contributed by atoms with Crippen LogP contribution in [0.1, 0.15) is 35.7 Å². The molecule has 1 atom stereocenters. The van der Waals surface area contributed by atoms with Crippen LogP contribution in [0.4, 0.5) is 0 Å². The molecule has 0 aromatic heterocycles. The number of rotatable bonds is 4. The quantitative estimate of drug-likeness (QED) is 0.794. The zero-order valence-corrected chi connectivity index (χ0v) is 14.6. The molecule has 1 heterocycles. The summed E-state index contributed by atoms with van der Waals surface area (Å²) in [5, 5.41) is 9.33. The Hall–Kier alpha value is -3.13. The van der Waals surface area contributed by atoms with Crippen LogP contribution in [0.15, 0.2) is 48.5 Å². The predicted octanol–water partition coefficient (Wildman–Crippen LogP) is 3.39. The van der Waals surface area contributed by atoms with E-state index in [9.17, 15) is 14.9 Å². The van der Waals surface area contributed by atoms with Crippen LogP contribution in [0.2, 0.25) is 0 Å². The van der Waals surface area contributed by atoms with Crippen LogP contribution in [0.25, 0.3) is 11.1 Å². The third-order valence-corrected chi connectivity index (χ3v) is 4.53. The number of carbonyl (C=O) groups excluding carboxylic acids is 2. The Morgan fingerprint density at radius 3 is 2.35 bits per heavy atom. The first-order valence-electron chi connectivity index (χ1n) is 8.70. The van der Waals surface area contributed by atoms with Crippen LogP contribution in [-0.2, 0) is 9.53 Å². The van der Waals surface area contributed by atoms with Crippen molar-refractivity contribution in [1.82, 2.24) is 4.90 Å². The van der Waals surface area contributed by atoms with Gasteiger partial charge >= 0.3 is 5.97 Å². The number of nitriles is 1. The van der Waals surface area contributed by atoms with Gasteiger partial charge in [0.1, 0.15) is 0 Å². The summed E-state index contributed by atoms with van der Waals surface area (Å²) in [5.74, 6) is -0.723. The first-order chi connectivity index (χ1) is 12.6. The van der Waals surface area contributed by atoms with Gasteiger partial charge in [0, 0.05) is 18.7 Å². The highest BCUT2D eigenvalue weighted by Gasteiger charge is 2.27. The minimum absolute atomic E-state index is 0.161. The first kappa shape index (κ1) is 17.7. The molecular formula is C21H20N2O3. The molecule has 0 radical (unpaired) electrons. The summed E-state index contributed by atoms with van der Waals surface area (Å²) in [6.07, 6.45) is 1.14. The Kier molecular flexibility index (Phi) is 5.33. The largest absolute Gasteiger partial charge is 0.449 e. The molecule has 5 heteroatoms. The molecule has 5 nitrogen and oxygen atoms in total. The Bertz CT molecular complexity index is 864. The minimum Gasteiger partial charge on any atom is -0.449 e. The molecule has 0 spiro atoms. The molecule has 1 aliphatic rings. The lowest BCUT2D eigenvalue weighted by Crippen LogP contribution is -2.38. The zero-order chi connectivity index (χ0) is 18.5. The van der Waals surface area contributed by atoms with Gasteiger partial charge in [0.2, 0.25) is 0 Å². The number of hydrogen-bond acceptors (Lipinski definition) is 4. The van der Waals surface area contributed by atoms with Gasteiger partial charge in [-0.25, -0.2) is 4.79 Å². The van der Waals surface area contributed by atoms with Crippen LogP contribution in [0, 0.1) is 11.3 Å². The third-order valence-electron chi connectivity index (χ3n) is 4.53. The van der Waals surface area contributed by atoms with Gasteiger partial charge in [0.15, 0.2) is 6.10 Å². The maximum atomic E-state index is 12.7. The molecule has 0 unspecified atom stereocenters. The van der Waals surface area contributed by atoms with Gasteiger partial charge in [0.05, 0.1) is 17.2 Å². The van der Waals surface area contributed by atoms with E-state index in [1.807, 2.05) is 6.07 Å². The van der Waals surface area contributed by atoms with Gasteiger partial charge in [-0.3, -0.25) is 4.79 Å². The summed E-state index contributed by atoms with van der Waals surface area (Å²) in [5.41, 5.74) is 2.11. The van der Waals surface area contributed by atoms with E-state index in [-0.39, 0.29) is 5.91 Å². The number of carbonyl (C=O) groups is 2. The van der Waals surface area contributed by atoms with Crippen LogP contribution >= 0.6 is 0 Å². The molecule has 0 aliphatic carbocycles. The molecule has 2 aromatic carbocycles. The number of ether oxygens (including phenoxy) is 1. The molecule has 1 aliphatic heterocycles. The second-order valence-electron chi connectivity index (χ2n) is 6.28. The fraction of sp³-hybridized carbons (Fsp3) is 0.286. The number of benzene rings is 2. The molecule has 1 fully saturated rings. The average molecular weight is 348 g/mol. The number of hydrogen-bond donors (Lipinski definition) is 0. The first-order valence-corrected chi connectivity index (χ1v) is 8.70. The summed E-state index contributed by atoms with van der Waals surface area (Å²) < 4.78 is 5.43. The lowest BCUT2D eigenvalue weighted by Gasteiger charge is -2.21. The van der Waals surface area contributed by atoms with Crippen LogP contribution < -0.4 is 0 Å². The number of amides is 1. The van der Waals surface area contributed by atoms with E-state index < -0.39 is 12.1 Å². The van der Waals surface area contributed by atoms with Gasteiger partial charge in [-0.05, 0) is 37.5 Å². The van der Waals surface area contributed by atoms with Crippen molar-refractivity contribution in [1.29, 1.82) is 5.26 Å². The van der Waals surface area contributed by atoms with Crippen molar-refractivity contribution in [3.63, 3.8) is 0 Å². The molecular weight excluding hydrogens is 328 g/mol. The lowest BCUT2D eigenvalue weighted by molar-refractivity contribution is -0.138. The monoisotopic (exact) mass is 348 g/mol. The van der Waals surface area contributed by atoms with Crippen LogP contribution in [-0.4, -0.2) is 36.0 Å². The van der Waals surface area contributed by atoms with E-state index in [0.29, 0.717) is 35.3 Å². The predicted molar refractivity (Wildman–Crippen MR) is 97.3 cm³/mol. The maximum absolute atomic E-state index is 12.7. The van der Waals surface area contributed by atoms with Crippen molar-refractivity contribution in [3.8, 4) is 17.2 Å². The topological polar surface area (TPSA) is 70.4 Å². The smallest absolute Gasteiger partial charge is 0.339 e. The van der Waals surface area contributed by atoms with E-state index >= 15 is 0 Å². The molecule has 0 N–H and O–H groups in total. The van der Waals surface area contributed by atoms with Crippen molar-refractivity contribution in [2.24, 2.45) is 0 Å². The van der Waals surface area contributed by atoms with E-state index in [1.165, 1.54) is 0 Å². The Balaban J connectivity index is 1.84. The molecule has 2 aromatic rings. The van der Waals surface area contributed by atoms with Gasteiger partial charge < -0.3 is 9.64 Å². The van der Waals surface area contributed by atoms with Crippen molar-refractivity contribution in [2.45, 2.75) is 25.9 Å². The Morgan fingerprint density at radius 2 is 1.65 bits per heavy atom. The summed E-state index contributed by atoms with van der Waals surface area (Å²) in [6, 6.07) is 16.2. The SMILES string of the molecule is C[C@H](OC(=O)c1ccccc1-c1ccccc1C#N)C(=O)N1CCCC1. The standard InChI is InChI=1S/C21H20N2O3/c1-15(20(24)23-12-6-7-13-23)26-21(25)19-11-5-4-10-18(19)17-9-3-2-8-16(17)14-22/h2-5,8-11,15H,6-7,12-13H2,1H3/t15-/m0/s1. The molecule has 26 heavy (non-hydrogen) atoms. The normalized spacial score (nSPS) is 14.5. The Morgan fingerprint density at radius 1 is 1.04 bits per heavy atom. The van der Waals surface area contributed by atoms with E-state index in [1.54, 1.807) is 54.3 Å². The summed E-state index contributed by atoms with van der Waals surface area (Å²) in [6.45, 7) is 3.03. The van der Waals surface area contributed by atoms with Crippen molar-refractivity contribution < 1.29 is 14.3 Å². The van der Waals surface area contributed by atoms with Crippen LogP contribution in [0.5, 0.6) is 0 Å². The molecule has 0 saturated carbocycles. The number of nitrogens with zero attached hydrogens (tertiary/aromatic N) is 2. The molecule has 132 valence electrons. The highest BCUT2D eigenvalue weighted by molar-refractivity contribution is 5.99. The van der Waals surface area contributed by atoms with Gasteiger partial charge in [0.25, 0.3) is 5.91 Å². The van der Waals surface area contributed by atoms with Crippen molar-refractivity contribution >= 4 is 11.9 Å². The fourth-order valence-corrected chi connectivity index (χ4v) is 3.18. The lowest BCUT2D eigenvalue weighted by atomic mass is 9.96. The third kappa shape index (κ3) is 3.60. The van der Waals surface area contributed by atoms with Crippen LogP contribution in [0.3, 0.4) is 0 Å². The number of esters is 1. The summed E-state index contributed by atoms with van der Waals surface area (Å²) >= 11 is 0. The summed E-state index contributed by atoms with van der Waals surface area (Å²) in [7, 11) is 0. The highest BCUT2D eigenvalue weighted by atomic mass is 16.5. The second kappa shape index (κ2) is 7.83. The molecule has 0 bridgehead atoms. The fourth-order valence-electron chi connectivity index (χ4n) is 3.18. The maximum Gasteiger partial charge on any atom is 0.339 e. The molecule has 1 amide bonds.